The maximum absolute atomic E-state index is 13.7. The first kappa shape index (κ1) is 27.9. The molecule has 0 saturated carbocycles. The number of rotatable bonds is 7. The lowest BCUT2D eigenvalue weighted by atomic mass is 9.59. The first-order chi connectivity index (χ1) is 16.2. The summed E-state index contributed by atoms with van der Waals surface area (Å²) in [4.78, 5) is 18.4. The molecule has 2 aliphatic heterocycles. The highest BCUT2D eigenvalue weighted by atomic mass is 35.5. The molecular weight excluding hydrogens is 458 g/mol. The number of piperidine rings is 1. The molecule has 5 unspecified atom stereocenters. The molecule has 3 aliphatic rings. The molecule has 6 heteroatoms. The Morgan fingerprint density at radius 1 is 1.26 bits per heavy atom. The van der Waals surface area contributed by atoms with Crippen LogP contribution in [0.15, 0.2) is 36.0 Å². The van der Waals surface area contributed by atoms with Crippen molar-refractivity contribution in [3.8, 4) is 5.75 Å². The second kappa shape index (κ2) is 11.1. The Morgan fingerprint density at radius 3 is 2.60 bits per heavy atom. The van der Waals surface area contributed by atoms with E-state index in [-0.39, 0.29) is 41.9 Å². The summed E-state index contributed by atoms with van der Waals surface area (Å²) in [5.74, 6) is 2.42. The van der Waals surface area contributed by atoms with Gasteiger partial charge in [-0.1, -0.05) is 32.1 Å². The van der Waals surface area contributed by atoms with Crippen LogP contribution in [0, 0.1) is 17.8 Å². The third-order valence-electron chi connectivity index (χ3n) is 8.66. The van der Waals surface area contributed by atoms with Gasteiger partial charge < -0.3 is 19.9 Å². The number of allylic oxidation sites excluding steroid dienone is 2. The molecule has 1 aromatic carbocycles. The summed E-state index contributed by atoms with van der Waals surface area (Å²) >= 11 is 0. The number of likely N-dealkylation sites (tertiary alicyclic amines) is 1. The van der Waals surface area contributed by atoms with E-state index < -0.39 is 0 Å². The van der Waals surface area contributed by atoms with Gasteiger partial charge in [0.05, 0.1) is 7.11 Å². The molecule has 35 heavy (non-hydrogen) atoms. The van der Waals surface area contributed by atoms with Gasteiger partial charge >= 0.3 is 0 Å². The number of ether oxygens (including phenoxy) is 1. The molecular formula is C29H46ClN3O2. The van der Waals surface area contributed by atoms with Crippen molar-refractivity contribution in [1.29, 1.82) is 0 Å². The van der Waals surface area contributed by atoms with Gasteiger partial charge in [0.2, 0.25) is 5.91 Å². The first-order valence-corrected chi connectivity index (χ1v) is 13.4. The van der Waals surface area contributed by atoms with Crippen LogP contribution in [0.25, 0.3) is 0 Å². The van der Waals surface area contributed by atoms with E-state index in [1.54, 1.807) is 7.11 Å². The van der Waals surface area contributed by atoms with E-state index in [9.17, 15) is 4.79 Å². The topological polar surface area (TPSA) is 44.8 Å². The fourth-order valence-electron chi connectivity index (χ4n) is 7.04. The van der Waals surface area contributed by atoms with E-state index in [1.165, 1.54) is 24.2 Å². The molecule has 0 bridgehead atoms. The van der Waals surface area contributed by atoms with E-state index in [4.69, 9.17) is 4.74 Å². The maximum atomic E-state index is 13.7. The average Bonchev–Trinajstić information content (AvgIpc) is 3.12. The summed E-state index contributed by atoms with van der Waals surface area (Å²) < 4.78 is 5.61. The molecule has 5 nitrogen and oxygen atoms in total. The number of benzene rings is 1. The summed E-state index contributed by atoms with van der Waals surface area (Å²) in [6.45, 7) is 16.5. The third-order valence-corrected chi connectivity index (χ3v) is 8.66. The van der Waals surface area contributed by atoms with Gasteiger partial charge in [0.25, 0.3) is 0 Å². The summed E-state index contributed by atoms with van der Waals surface area (Å²) in [7, 11) is 1.75. The minimum Gasteiger partial charge on any atom is -0.497 e. The predicted octanol–water partition coefficient (Wildman–Crippen LogP) is 5.24. The van der Waals surface area contributed by atoms with Gasteiger partial charge in [-0.25, -0.2) is 0 Å². The van der Waals surface area contributed by atoms with Gasteiger partial charge in [0.1, 0.15) is 11.8 Å². The van der Waals surface area contributed by atoms with Crippen LogP contribution < -0.4 is 10.1 Å². The second-order valence-corrected chi connectivity index (χ2v) is 11.4. The van der Waals surface area contributed by atoms with Crippen LogP contribution in [0.4, 0.5) is 0 Å². The second-order valence-electron chi connectivity index (χ2n) is 11.4. The van der Waals surface area contributed by atoms with Crippen LogP contribution in [0.3, 0.4) is 0 Å². The number of amides is 1. The number of hydrogen-bond donors (Lipinski definition) is 1. The number of halogens is 1. The lowest BCUT2D eigenvalue weighted by molar-refractivity contribution is -0.137. The SMILES string of the molecule is CCCN1CCC2(c3cccc(OC)c3)C=C3NC(C(=O)N(C(C)C)C(C)C)C(C)C3CC2C1.Cl. The van der Waals surface area contributed by atoms with E-state index in [2.05, 4.69) is 80.9 Å². The molecule has 2 heterocycles. The van der Waals surface area contributed by atoms with E-state index in [0.717, 1.165) is 31.7 Å². The van der Waals surface area contributed by atoms with Crippen molar-refractivity contribution < 1.29 is 9.53 Å². The number of carbonyl (C=O) groups excluding carboxylic acids is 1. The van der Waals surface area contributed by atoms with Crippen LogP contribution in [-0.4, -0.2) is 60.6 Å². The van der Waals surface area contributed by atoms with Gasteiger partial charge in [0.15, 0.2) is 0 Å². The Labute approximate surface area is 219 Å². The number of nitrogens with zero attached hydrogens (tertiary/aromatic N) is 2. The normalized spacial score (nSPS) is 30.1. The van der Waals surface area contributed by atoms with Crippen LogP contribution in [0.5, 0.6) is 5.75 Å². The molecule has 196 valence electrons. The molecule has 5 atom stereocenters. The van der Waals surface area contributed by atoms with Gasteiger partial charge in [-0.2, -0.15) is 0 Å². The Bertz CT molecular complexity index is 909. The number of hydrogen-bond acceptors (Lipinski definition) is 4. The molecule has 0 aromatic heterocycles. The van der Waals surface area contributed by atoms with Crippen molar-refractivity contribution in [1.82, 2.24) is 15.1 Å². The van der Waals surface area contributed by atoms with Crippen LogP contribution in [0.2, 0.25) is 0 Å². The van der Waals surface area contributed by atoms with Crippen molar-refractivity contribution in [3.63, 3.8) is 0 Å². The molecule has 0 radical (unpaired) electrons. The van der Waals surface area contributed by atoms with Gasteiger partial charge in [-0.3, -0.25) is 4.79 Å². The van der Waals surface area contributed by atoms with E-state index in [1.807, 2.05) is 6.07 Å². The molecule has 1 aromatic rings. The van der Waals surface area contributed by atoms with E-state index >= 15 is 0 Å². The third kappa shape index (κ3) is 5.09. The van der Waals surface area contributed by atoms with Crippen molar-refractivity contribution in [3.05, 3.63) is 41.6 Å². The van der Waals surface area contributed by atoms with Crippen LogP contribution >= 0.6 is 12.4 Å². The summed E-state index contributed by atoms with van der Waals surface area (Å²) in [6, 6.07) is 8.94. The minimum atomic E-state index is -0.143. The smallest absolute Gasteiger partial charge is 0.245 e. The van der Waals surface area contributed by atoms with Crippen molar-refractivity contribution in [2.45, 2.75) is 84.3 Å². The number of methoxy groups -OCH3 is 1. The monoisotopic (exact) mass is 503 g/mol. The average molecular weight is 504 g/mol. The first-order valence-electron chi connectivity index (χ1n) is 13.4. The largest absolute Gasteiger partial charge is 0.497 e. The molecule has 2 saturated heterocycles. The highest BCUT2D eigenvalue weighted by Gasteiger charge is 2.52. The molecule has 1 N–H and O–H groups in total. The molecule has 0 spiro atoms. The van der Waals surface area contributed by atoms with Crippen molar-refractivity contribution >= 4 is 18.3 Å². The fourth-order valence-corrected chi connectivity index (χ4v) is 7.04. The highest BCUT2D eigenvalue weighted by Crippen LogP contribution is 2.52. The number of fused-ring (bicyclic) bond motifs is 2. The molecule has 1 amide bonds. The minimum absolute atomic E-state index is 0. The van der Waals surface area contributed by atoms with Gasteiger partial charge in [0, 0.05) is 35.7 Å². The Hall–Kier alpha value is -1.72. The molecule has 1 aliphatic carbocycles. The zero-order valence-corrected chi connectivity index (χ0v) is 23.5. The summed E-state index contributed by atoms with van der Waals surface area (Å²) in [6.07, 6.45) is 5.96. The standard InChI is InChI=1S/C29H45N3O2.ClH/c1-8-13-31-14-12-29(22-10-9-11-24(15-22)34-7)17-26-25(16-23(29)18-31)21(6)27(30-26)28(33)32(19(2)3)20(4)5;/h9-11,15,17,19-21,23,25,27,30H,8,12-14,16,18H2,1-7H3;1H. The quantitative estimate of drug-likeness (QED) is 0.552. The van der Waals surface area contributed by atoms with Crippen LogP contribution in [-0.2, 0) is 10.2 Å². The van der Waals surface area contributed by atoms with E-state index in [0.29, 0.717) is 17.8 Å². The Kier molecular flexibility index (Phi) is 8.86. The fraction of sp³-hybridized carbons (Fsp3) is 0.690. The molecule has 2 fully saturated rings. The maximum Gasteiger partial charge on any atom is 0.245 e. The zero-order chi connectivity index (χ0) is 24.6. The predicted molar refractivity (Wildman–Crippen MR) is 146 cm³/mol. The van der Waals surface area contributed by atoms with Crippen molar-refractivity contribution in [2.24, 2.45) is 17.8 Å². The Balaban J connectivity index is 0.00000342. The van der Waals surface area contributed by atoms with Crippen LogP contribution in [0.1, 0.15) is 66.4 Å². The lowest BCUT2D eigenvalue weighted by Gasteiger charge is -2.51. The van der Waals surface area contributed by atoms with Gasteiger partial charge in [-0.15, -0.1) is 12.4 Å². The Morgan fingerprint density at radius 2 is 1.97 bits per heavy atom. The molecule has 4 rings (SSSR count). The number of carbonyl (C=O) groups is 1. The zero-order valence-electron chi connectivity index (χ0n) is 22.7. The lowest BCUT2D eigenvalue weighted by Crippen LogP contribution is -2.52. The summed E-state index contributed by atoms with van der Waals surface area (Å²) in [5.41, 5.74) is 2.64. The highest BCUT2D eigenvalue weighted by molar-refractivity contribution is 5.85. The van der Waals surface area contributed by atoms with Crippen molar-refractivity contribution in [2.75, 3.05) is 26.7 Å². The van der Waals surface area contributed by atoms with Gasteiger partial charge in [-0.05, 0) is 89.6 Å². The summed E-state index contributed by atoms with van der Waals surface area (Å²) in [5, 5.41) is 3.75. The number of nitrogens with one attached hydrogen (secondary N) is 1.